The van der Waals surface area contributed by atoms with Gasteiger partial charge in [0.2, 0.25) is 11.2 Å². The van der Waals surface area contributed by atoms with E-state index < -0.39 is 6.09 Å². The second-order valence-corrected chi connectivity index (χ2v) is 7.22. The summed E-state index contributed by atoms with van der Waals surface area (Å²) in [6.07, 6.45) is 0.804. The molecular formula is C19H21ClN6O3. The number of carbonyl (C=O) groups is 2. The molecule has 0 saturated carbocycles. The minimum absolute atomic E-state index is 0.0344. The highest BCUT2D eigenvalue weighted by molar-refractivity contribution is 6.29. The third-order valence-electron chi connectivity index (χ3n) is 5.02. The fourth-order valence-electron chi connectivity index (χ4n) is 3.20. The van der Waals surface area contributed by atoms with Gasteiger partial charge in [-0.15, -0.1) is 0 Å². The second-order valence-electron chi connectivity index (χ2n) is 6.88. The molecule has 9 nitrogen and oxygen atoms in total. The van der Waals surface area contributed by atoms with Crippen LogP contribution in [0.25, 0.3) is 11.0 Å². The molecule has 3 heterocycles. The van der Waals surface area contributed by atoms with E-state index in [-0.39, 0.29) is 22.8 Å². The summed E-state index contributed by atoms with van der Waals surface area (Å²) >= 11 is 6.03. The van der Waals surface area contributed by atoms with Crippen LogP contribution >= 0.6 is 11.6 Å². The molecule has 1 saturated heterocycles. The zero-order valence-corrected chi connectivity index (χ0v) is 16.9. The summed E-state index contributed by atoms with van der Waals surface area (Å²) in [5.74, 6) is 0.595. The highest BCUT2D eigenvalue weighted by Crippen LogP contribution is 2.25. The fraction of sp³-hybridized carbons (Fsp3) is 0.368. The van der Waals surface area contributed by atoms with E-state index in [4.69, 9.17) is 16.3 Å². The first-order valence-electron chi connectivity index (χ1n) is 9.33. The van der Waals surface area contributed by atoms with Gasteiger partial charge in [0.15, 0.2) is 5.69 Å². The third kappa shape index (κ3) is 3.65. The number of amides is 2. The maximum absolute atomic E-state index is 12.5. The number of ether oxygens (including phenoxy) is 1. The number of nitrogens with zero attached hydrogens (tertiary/aromatic N) is 5. The predicted octanol–water partition coefficient (Wildman–Crippen LogP) is 2.14. The molecule has 4 rings (SSSR count). The Hall–Kier alpha value is -3.07. The van der Waals surface area contributed by atoms with Crippen molar-refractivity contribution in [3.63, 3.8) is 0 Å². The average molecular weight is 417 g/mol. The van der Waals surface area contributed by atoms with Gasteiger partial charge in [-0.25, -0.2) is 14.8 Å². The van der Waals surface area contributed by atoms with E-state index in [2.05, 4.69) is 15.3 Å². The van der Waals surface area contributed by atoms with Crippen LogP contribution < -0.4 is 10.1 Å². The Kier molecular flexibility index (Phi) is 5.14. The van der Waals surface area contributed by atoms with E-state index in [1.165, 1.54) is 4.57 Å². The molecule has 1 aromatic carbocycles. The number of rotatable bonds is 5. The number of halogens is 1. The number of carbonyl (C=O) groups excluding carboxylic acids is 2. The first-order valence-corrected chi connectivity index (χ1v) is 9.71. The standard InChI is InChI=1S/C19H21ClN6O3/c1-24-13-7-4-3-6-12(13)22-14(24)8-9-21-19(28)29-17-15(23-18(20)25(17)2)16(27)26-10-5-11-26/h3-4,6-7H,5,8-11H2,1-2H3,(H,21,28). The molecule has 0 bridgehead atoms. The summed E-state index contributed by atoms with van der Waals surface area (Å²) in [5, 5.41) is 2.77. The highest BCUT2D eigenvalue weighted by atomic mass is 35.5. The molecule has 1 fully saturated rings. The summed E-state index contributed by atoms with van der Waals surface area (Å²) < 4.78 is 8.72. The SMILES string of the molecule is Cn1c(Cl)nc(C(=O)N2CCC2)c1OC(=O)NCCc1nc2ccccc2n1C. The zero-order valence-electron chi connectivity index (χ0n) is 16.2. The lowest BCUT2D eigenvalue weighted by atomic mass is 10.2. The molecular weight excluding hydrogens is 396 g/mol. The number of aromatic nitrogens is 4. The van der Waals surface area contributed by atoms with Gasteiger partial charge >= 0.3 is 6.09 Å². The molecule has 1 aliphatic rings. The Morgan fingerprint density at radius 1 is 1.17 bits per heavy atom. The van der Waals surface area contributed by atoms with Crippen molar-refractivity contribution in [1.82, 2.24) is 29.3 Å². The summed E-state index contributed by atoms with van der Waals surface area (Å²) in [4.78, 5) is 35.0. The fourth-order valence-corrected chi connectivity index (χ4v) is 3.36. The summed E-state index contributed by atoms with van der Waals surface area (Å²) in [7, 11) is 3.53. The van der Waals surface area contributed by atoms with Crippen molar-refractivity contribution in [2.75, 3.05) is 19.6 Å². The first kappa shape index (κ1) is 19.3. The molecule has 0 spiro atoms. The van der Waals surface area contributed by atoms with E-state index in [1.807, 2.05) is 35.9 Å². The highest BCUT2D eigenvalue weighted by Gasteiger charge is 2.30. The van der Waals surface area contributed by atoms with Gasteiger partial charge in [0.1, 0.15) is 5.82 Å². The number of likely N-dealkylation sites (tertiary alicyclic amines) is 1. The Balaban J connectivity index is 1.39. The lowest BCUT2D eigenvalue weighted by molar-refractivity contribution is 0.0643. The van der Waals surface area contributed by atoms with Crippen LogP contribution in [-0.2, 0) is 20.5 Å². The lowest BCUT2D eigenvalue weighted by Gasteiger charge is -2.30. The van der Waals surface area contributed by atoms with Crippen molar-refractivity contribution in [2.45, 2.75) is 12.8 Å². The maximum atomic E-state index is 12.5. The van der Waals surface area contributed by atoms with Gasteiger partial charge in [0.25, 0.3) is 5.91 Å². The minimum atomic E-state index is -0.680. The molecule has 0 atom stereocenters. The van der Waals surface area contributed by atoms with Crippen LogP contribution in [-0.4, -0.2) is 55.6 Å². The van der Waals surface area contributed by atoms with E-state index in [9.17, 15) is 9.59 Å². The van der Waals surface area contributed by atoms with Gasteiger partial charge in [-0.3, -0.25) is 9.36 Å². The van der Waals surface area contributed by atoms with Crippen molar-refractivity contribution in [3.05, 3.63) is 41.1 Å². The summed E-state index contributed by atoms with van der Waals surface area (Å²) in [6.45, 7) is 1.66. The Labute approximate surface area is 172 Å². The molecule has 0 unspecified atom stereocenters. The number of nitrogens with one attached hydrogen (secondary N) is 1. The number of para-hydroxylation sites is 2. The van der Waals surface area contributed by atoms with Gasteiger partial charge in [-0.2, -0.15) is 0 Å². The monoisotopic (exact) mass is 416 g/mol. The van der Waals surface area contributed by atoms with Crippen LogP contribution in [0.2, 0.25) is 5.28 Å². The minimum Gasteiger partial charge on any atom is -0.390 e. The summed E-state index contributed by atoms with van der Waals surface area (Å²) in [5.41, 5.74) is 1.98. The topological polar surface area (TPSA) is 94.3 Å². The molecule has 29 heavy (non-hydrogen) atoms. The van der Waals surface area contributed by atoms with Crippen molar-refractivity contribution >= 4 is 34.6 Å². The Morgan fingerprint density at radius 2 is 1.93 bits per heavy atom. The smallest absolute Gasteiger partial charge is 0.390 e. The van der Waals surface area contributed by atoms with E-state index in [0.717, 1.165) is 23.3 Å². The van der Waals surface area contributed by atoms with Crippen molar-refractivity contribution in [1.29, 1.82) is 0 Å². The van der Waals surface area contributed by atoms with Crippen molar-refractivity contribution in [3.8, 4) is 5.88 Å². The quantitative estimate of drug-likeness (QED) is 0.687. The Bertz CT molecular complexity index is 1090. The van der Waals surface area contributed by atoms with Crippen LogP contribution in [0.5, 0.6) is 5.88 Å². The third-order valence-corrected chi connectivity index (χ3v) is 5.36. The number of hydrogen-bond donors (Lipinski definition) is 1. The van der Waals surface area contributed by atoms with Gasteiger partial charge in [0, 0.05) is 40.2 Å². The zero-order chi connectivity index (χ0) is 20.5. The largest absolute Gasteiger partial charge is 0.413 e. The average Bonchev–Trinajstić information content (AvgIpc) is 3.12. The van der Waals surface area contributed by atoms with Crippen LogP contribution in [0, 0.1) is 0 Å². The molecule has 2 aromatic heterocycles. The van der Waals surface area contributed by atoms with Gasteiger partial charge in [-0.1, -0.05) is 12.1 Å². The molecule has 0 radical (unpaired) electrons. The van der Waals surface area contributed by atoms with Crippen LogP contribution in [0.3, 0.4) is 0 Å². The first-order chi connectivity index (χ1) is 14.0. The molecule has 1 aliphatic heterocycles. The Morgan fingerprint density at radius 3 is 2.62 bits per heavy atom. The molecule has 3 aromatic rings. The molecule has 2 amide bonds. The molecule has 152 valence electrons. The molecule has 10 heteroatoms. The number of hydrogen-bond acceptors (Lipinski definition) is 5. The molecule has 1 N–H and O–H groups in total. The van der Waals surface area contributed by atoms with Gasteiger partial charge in [0.05, 0.1) is 11.0 Å². The van der Waals surface area contributed by atoms with E-state index in [0.29, 0.717) is 26.1 Å². The van der Waals surface area contributed by atoms with E-state index in [1.54, 1.807) is 11.9 Å². The normalized spacial score (nSPS) is 13.4. The number of benzene rings is 1. The van der Waals surface area contributed by atoms with Gasteiger partial charge < -0.3 is 19.5 Å². The number of imidazole rings is 2. The summed E-state index contributed by atoms with van der Waals surface area (Å²) in [6, 6.07) is 7.84. The number of aryl methyl sites for hydroxylation is 1. The number of fused-ring (bicyclic) bond motifs is 1. The van der Waals surface area contributed by atoms with Crippen LogP contribution in [0.15, 0.2) is 24.3 Å². The van der Waals surface area contributed by atoms with Crippen molar-refractivity contribution in [2.24, 2.45) is 14.1 Å². The predicted molar refractivity (Wildman–Crippen MR) is 107 cm³/mol. The van der Waals surface area contributed by atoms with Crippen LogP contribution in [0.1, 0.15) is 22.7 Å². The van der Waals surface area contributed by atoms with Crippen molar-refractivity contribution < 1.29 is 14.3 Å². The van der Waals surface area contributed by atoms with E-state index >= 15 is 0 Å². The van der Waals surface area contributed by atoms with Gasteiger partial charge in [-0.05, 0) is 30.2 Å². The lowest BCUT2D eigenvalue weighted by Crippen LogP contribution is -2.42. The molecule has 0 aliphatic carbocycles. The van der Waals surface area contributed by atoms with Crippen LogP contribution in [0.4, 0.5) is 4.79 Å². The second kappa shape index (κ2) is 7.75. The maximum Gasteiger partial charge on any atom is 0.413 e.